The van der Waals surface area contributed by atoms with Gasteiger partial charge in [0.25, 0.3) is 0 Å². The van der Waals surface area contributed by atoms with Gasteiger partial charge in [0.15, 0.2) is 0 Å². The highest BCUT2D eigenvalue weighted by atomic mass is 35.5. The number of aryl methyl sites for hydroxylation is 2. The van der Waals surface area contributed by atoms with Crippen molar-refractivity contribution < 1.29 is 4.74 Å². The molecule has 0 N–H and O–H groups in total. The number of rotatable bonds is 2. The van der Waals surface area contributed by atoms with Gasteiger partial charge in [-0.1, -0.05) is 29.8 Å². The van der Waals surface area contributed by atoms with Crippen LogP contribution in [0.25, 0.3) is 10.9 Å². The molecule has 0 atom stereocenters. The molecule has 3 aromatic rings. The summed E-state index contributed by atoms with van der Waals surface area (Å²) >= 11 is 6.50. The summed E-state index contributed by atoms with van der Waals surface area (Å²) in [4.78, 5) is 7.00. The molecule has 1 aliphatic rings. The van der Waals surface area contributed by atoms with Crippen LogP contribution in [0.15, 0.2) is 36.4 Å². The van der Waals surface area contributed by atoms with Crippen molar-refractivity contribution in [2.24, 2.45) is 0 Å². The van der Waals surface area contributed by atoms with Gasteiger partial charge in [-0.15, -0.1) is 0 Å². The lowest BCUT2D eigenvalue weighted by Gasteiger charge is -2.24. The highest BCUT2D eigenvalue weighted by molar-refractivity contribution is 6.31. The zero-order valence-corrected chi connectivity index (χ0v) is 14.8. The number of pyridine rings is 1. The second-order valence-corrected chi connectivity index (χ2v) is 6.61. The van der Waals surface area contributed by atoms with Gasteiger partial charge in [-0.3, -0.25) is 0 Å². The SMILES string of the molecule is COc1ccc(N2CCc3c(Cl)nc4c(C)cccc4c32)c(C)c1. The van der Waals surface area contributed by atoms with Crippen molar-refractivity contribution in [3.8, 4) is 5.75 Å². The zero-order chi connectivity index (χ0) is 16.8. The van der Waals surface area contributed by atoms with Crippen LogP contribution < -0.4 is 9.64 Å². The van der Waals surface area contributed by atoms with E-state index in [4.69, 9.17) is 16.3 Å². The number of nitrogens with zero attached hydrogens (tertiary/aromatic N) is 2. The van der Waals surface area contributed by atoms with E-state index in [1.54, 1.807) is 7.11 Å². The van der Waals surface area contributed by atoms with Crippen molar-refractivity contribution in [1.29, 1.82) is 0 Å². The third-order valence-corrected chi connectivity index (χ3v) is 5.10. The van der Waals surface area contributed by atoms with E-state index in [0.29, 0.717) is 5.15 Å². The van der Waals surface area contributed by atoms with Crippen LogP contribution in [-0.4, -0.2) is 18.6 Å². The summed E-state index contributed by atoms with van der Waals surface area (Å²) in [6.45, 7) is 5.11. The molecule has 122 valence electrons. The highest BCUT2D eigenvalue weighted by Crippen LogP contribution is 2.44. The van der Waals surface area contributed by atoms with Gasteiger partial charge in [-0.05, 0) is 49.6 Å². The number of fused-ring (bicyclic) bond motifs is 3. The molecule has 2 aromatic carbocycles. The summed E-state index contributed by atoms with van der Waals surface area (Å²) in [6, 6.07) is 12.5. The molecule has 24 heavy (non-hydrogen) atoms. The number of hydrogen-bond donors (Lipinski definition) is 0. The molecule has 4 heteroatoms. The summed E-state index contributed by atoms with van der Waals surface area (Å²) in [5.41, 5.74) is 6.86. The summed E-state index contributed by atoms with van der Waals surface area (Å²) in [5.74, 6) is 0.879. The summed E-state index contributed by atoms with van der Waals surface area (Å²) in [5, 5.41) is 1.79. The van der Waals surface area contributed by atoms with E-state index < -0.39 is 0 Å². The second-order valence-electron chi connectivity index (χ2n) is 6.25. The van der Waals surface area contributed by atoms with E-state index in [1.807, 2.05) is 6.07 Å². The number of halogens is 1. The minimum Gasteiger partial charge on any atom is -0.497 e. The van der Waals surface area contributed by atoms with Crippen molar-refractivity contribution in [3.05, 3.63) is 58.2 Å². The Bertz CT molecular complexity index is 952. The molecule has 0 spiro atoms. The molecule has 3 nitrogen and oxygen atoms in total. The van der Waals surface area contributed by atoms with Crippen LogP contribution in [0.1, 0.15) is 16.7 Å². The molecule has 1 aromatic heterocycles. The third kappa shape index (κ3) is 2.23. The average molecular weight is 339 g/mol. The number of aromatic nitrogens is 1. The van der Waals surface area contributed by atoms with E-state index in [-0.39, 0.29) is 0 Å². The molecule has 1 aliphatic heterocycles. The molecule has 0 unspecified atom stereocenters. The molecule has 4 rings (SSSR count). The van der Waals surface area contributed by atoms with Crippen molar-refractivity contribution in [3.63, 3.8) is 0 Å². The normalized spacial score (nSPS) is 13.4. The molecule has 0 saturated carbocycles. The fourth-order valence-electron chi connectivity index (χ4n) is 3.59. The molecular formula is C20H19ClN2O. The molecule has 0 saturated heterocycles. The number of methoxy groups -OCH3 is 1. The zero-order valence-electron chi connectivity index (χ0n) is 14.1. The maximum atomic E-state index is 6.50. The third-order valence-electron chi connectivity index (χ3n) is 4.79. The van der Waals surface area contributed by atoms with Crippen LogP contribution in [0.3, 0.4) is 0 Å². The fraction of sp³-hybridized carbons (Fsp3) is 0.250. The first-order valence-corrected chi connectivity index (χ1v) is 8.48. The Kier molecular flexibility index (Phi) is 3.61. The van der Waals surface area contributed by atoms with Gasteiger partial charge in [-0.25, -0.2) is 4.98 Å². The molecule has 0 amide bonds. The molecule has 0 aliphatic carbocycles. The maximum absolute atomic E-state index is 6.50. The van der Waals surface area contributed by atoms with Gasteiger partial charge in [0.2, 0.25) is 0 Å². The van der Waals surface area contributed by atoms with Crippen molar-refractivity contribution >= 4 is 33.9 Å². The number of ether oxygens (including phenoxy) is 1. The molecule has 0 fully saturated rings. The first kappa shape index (κ1) is 15.3. The predicted octanol–water partition coefficient (Wildman–Crippen LogP) is 5.21. The predicted molar refractivity (Wildman–Crippen MR) is 99.9 cm³/mol. The van der Waals surface area contributed by atoms with E-state index in [2.05, 4.69) is 54.1 Å². The number of hydrogen-bond acceptors (Lipinski definition) is 3. The topological polar surface area (TPSA) is 25.4 Å². The second kappa shape index (κ2) is 5.67. The van der Waals surface area contributed by atoms with Crippen LogP contribution in [0, 0.1) is 13.8 Å². The Morgan fingerprint density at radius 1 is 1.12 bits per heavy atom. The summed E-state index contributed by atoms with van der Waals surface area (Å²) in [6.07, 6.45) is 0.913. The van der Waals surface area contributed by atoms with Gasteiger partial charge in [-0.2, -0.15) is 0 Å². The van der Waals surface area contributed by atoms with Gasteiger partial charge in [0, 0.05) is 23.2 Å². The largest absolute Gasteiger partial charge is 0.497 e. The first-order valence-electron chi connectivity index (χ1n) is 8.10. The van der Waals surface area contributed by atoms with Crippen molar-refractivity contribution in [1.82, 2.24) is 4.98 Å². The van der Waals surface area contributed by atoms with Crippen LogP contribution in [-0.2, 0) is 6.42 Å². The van der Waals surface area contributed by atoms with Gasteiger partial charge in [0.05, 0.1) is 18.3 Å². The average Bonchev–Trinajstić information content (AvgIpc) is 3.01. The Morgan fingerprint density at radius 2 is 1.96 bits per heavy atom. The minimum absolute atomic E-state index is 0.625. The summed E-state index contributed by atoms with van der Waals surface area (Å²) < 4.78 is 5.34. The smallest absolute Gasteiger partial charge is 0.135 e. The Hall–Kier alpha value is -2.26. The lowest BCUT2D eigenvalue weighted by Crippen LogP contribution is -2.15. The number of para-hydroxylation sites is 1. The van der Waals surface area contributed by atoms with E-state index in [0.717, 1.165) is 35.4 Å². The van der Waals surface area contributed by atoms with Gasteiger partial charge >= 0.3 is 0 Å². The highest BCUT2D eigenvalue weighted by Gasteiger charge is 2.27. The van der Waals surface area contributed by atoms with Crippen molar-refractivity contribution in [2.75, 3.05) is 18.6 Å². The van der Waals surface area contributed by atoms with Crippen LogP contribution in [0.2, 0.25) is 5.15 Å². The Morgan fingerprint density at radius 3 is 2.71 bits per heavy atom. The monoisotopic (exact) mass is 338 g/mol. The van der Waals surface area contributed by atoms with E-state index in [9.17, 15) is 0 Å². The number of benzene rings is 2. The molecule has 0 radical (unpaired) electrons. The standard InChI is InChI=1S/C20H19ClN2O/c1-12-5-4-6-15-18(12)22-20(21)16-9-10-23(19(15)16)17-8-7-14(24-3)11-13(17)2/h4-8,11H,9-10H2,1-3H3. The summed E-state index contributed by atoms with van der Waals surface area (Å²) in [7, 11) is 1.70. The molecule has 0 bridgehead atoms. The van der Waals surface area contributed by atoms with E-state index in [1.165, 1.54) is 22.3 Å². The Balaban J connectivity index is 1.96. The van der Waals surface area contributed by atoms with Crippen molar-refractivity contribution in [2.45, 2.75) is 20.3 Å². The lowest BCUT2D eigenvalue weighted by atomic mass is 10.1. The maximum Gasteiger partial charge on any atom is 0.135 e. The van der Waals surface area contributed by atoms with Crippen LogP contribution in [0.5, 0.6) is 5.75 Å². The van der Waals surface area contributed by atoms with Gasteiger partial charge < -0.3 is 9.64 Å². The number of anilines is 2. The molecular weight excluding hydrogens is 320 g/mol. The van der Waals surface area contributed by atoms with E-state index >= 15 is 0 Å². The van der Waals surface area contributed by atoms with Gasteiger partial charge in [0.1, 0.15) is 10.9 Å². The van der Waals surface area contributed by atoms with Crippen LogP contribution in [0.4, 0.5) is 11.4 Å². The fourth-order valence-corrected chi connectivity index (χ4v) is 3.86. The quantitative estimate of drug-likeness (QED) is 0.600. The lowest BCUT2D eigenvalue weighted by molar-refractivity contribution is 0.414. The first-order chi connectivity index (χ1) is 11.6. The minimum atomic E-state index is 0.625. The Labute approximate surface area is 146 Å². The molecule has 2 heterocycles. The van der Waals surface area contributed by atoms with Crippen LogP contribution >= 0.6 is 11.6 Å².